The normalized spacial score (nSPS) is 21.1. The lowest BCUT2D eigenvalue weighted by Crippen LogP contribution is -2.44. The van der Waals surface area contributed by atoms with Gasteiger partial charge in [-0.3, -0.25) is 4.79 Å². The maximum absolute atomic E-state index is 12.2. The van der Waals surface area contributed by atoms with Crippen LogP contribution in [0.25, 0.3) is 0 Å². The molecule has 2 saturated heterocycles. The zero-order chi connectivity index (χ0) is 19.1. The molecule has 7 heteroatoms. The van der Waals surface area contributed by atoms with Crippen LogP contribution in [0.1, 0.15) is 38.5 Å². The van der Waals surface area contributed by atoms with Gasteiger partial charge >= 0.3 is 6.03 Å². The Balaban J connectivity index is 1.35. The highest BCUT2D eigenvalue weighted by Gasteiger charge is 2.31. The highest BCUT2D eigenvalue weighted by molar-refractivity contribution is 6.30. The average molecular weight is 393 g/mol. The summed E-state index contributed by atoms with van der Waals surface area (Å²) in [6.07, 6.45) is 6.52. The standard InChI is InChI=1S/C20H29ClN4O2/c21-16-6-8-18(9-7-16)25-15-17(14-19(25)26)23-20(27)22-10-5-13-24-11-3-1-2-4-12-24/h6-9,17H,1-5,10-15H2,(H2,22,23,27)/t17-/m0/s1. The van der Waals surface area contributed by atoms with Crippen LogP contribution in [0.5, 0.6) is 0 Å². The third kappa shape index (κ3) is 6.11. The van der Waals surface area contributed by atoms with Gasteiger partial charge in [-0.05, 0) is 63.2 Å². The van der Waals surface area contributed by atoms with E-state index in [4.69, 9.17) is 11.6 Å². The van der Waals surface area contributed by atoms with Crippen molar-refractivity contribution in [1.82, 2.24) is 15.5 Å². The van der Waals surface area contributed by atoms with Gasteiger partial charge in [0.15, 0.2) is 0 Å². The van der Waals surface area contributed by atoms with Crippen molar-refractivity contribution in [2.45, 2.75) is 44.6 Å². The summed E-state index contributed by atoms with van der Waals surface area (Å²) in [6, 6.07) is 6.82. The second-order valence-corrected chi connectivity index (χ2v) is 7.83. The van der Waals surface area contributed by atoms with Crippen molar-refractivity contribution in [2.24, 2.45) is 0 Å². The van der Waals surface area contributed by atoms with Gasteiger partial charge in [0, 0.05) is 30.2 Å². The molecule has 2 aliphatic heterocycles. The Morgan fingerprint density at radius 3 is 2.52 bits per heavy atom. The second-order valence-electron chi connectivity index (χ2n) is 7.39. The van der Waals surface area contributed by atoms with Crippen molar-refractivity contribution in [1.29, 1.82) is 0 Å². The minimum absolute atomic E-state index is 0.0174. The predicted octanol–water partition coefficient (Wildman–Crippen LogP) is 3.01. The summed E-state index contributed by atoms with van der Waals surface area (Å²) in [4.78, 5) is 28.5. The van der Waals surface area contributed by atoms with E-state index in [2.05, 4.69) is 15.5 Å². The quantitative estimate of drug-likeness (QED) is 0.731. The molecule has 2 heterocycles. The van der Waals surface area contributed by atoms with Gasteiger partial charge in [-0.1, -0.05) is 24.4 Å². The molecule has 0 bridgehead atoms. The van der Waals surface area contributed by atoms with Crippen molar-refractivity contribution >= 4 is 29.2 Å². The van der Waals surface area contributed by atoms with Crippen molar-refractivity contribution in [3.05, 3.63) is 29.3 Å². The number of urea groups is 1. The van der Waals surface area contributed by atoms with E-state index in [0.29, 0.717) is 24.5 Å². The van der Waals surface area contributed by atoms with Crippen LogP contribution in [-0.4, -0.2) is 55.6 Å². The molecule has 0 unspecified atom stereocenters. The van der Waals surface area contributed by atoms with E-state index in [-0.39, 0.29) is 18.0 Å². The molecule has 1 aromatic rings. The summed E-state index contributed by atoms with van der Waals surface area (Å²) in [5.41, 5.74) is 0.812. The van der Waals surface area contributed by atoms with E-state index < -0.39 is 0 Å². The van der Waals surface area contributed by atoms with Crippen LogP contribution in [0, 0.1) is 0 Å². The van der Waals surface area contributed by atoms with E-state index in [9.17, 15) is 9.59 Å². The van der Waals surface area contributed by atoms with E-state index in [1.165, 1.54) is 38.8 Å². The van der Waals surface area contributed by atoms with E-state index in [0.717, 1.165) is 18.7 Å². The van der Waals surface area contributed by atoms with Crippen LogP contribution in [0.4, 0.5) is 10.5 Å². The molecule has 0 aromatic heterocycles. The lowest BCUT2D eigenvalue weighted by Gasteiger charge is -2.20. The predicted molar refractivity (Wildman–Crippen MR) is 108 cm³/mol. The highest BCUT2D eigenvalue weighted by atomic mass is 35.5. The SMILES string of the molecule is O=C(NCCCN1CCCCCC1)N[C@H]1CC(=O)N(c2ccc(Cl)cc2)C1. The first kappa shape index (κ1) is 20.0. The molecule has 27 heavy (non-hydrogen) atoms. The molecule has 6 nitrogen and oxygen atoms in total. The van der Waals surface area contributed by atoms with Gasteiger partial charge in [0.2, 0.25) is 5.91 Å². The molecule has 1 atom stereocenters. The summed E-state index contributed by atoms with van der Waals surface area (Å²) in [7, 11) is 0. The Bertz CT molecular complexity index is 629. The summed E-state index contributed by atoms with van der Waals surface area (Å²) in [6.45, 7) is 4.53. The summed E-state index contributed by atoms with van der Waals surface area (Å²) < 4.78 is 0. The Labute approximate surface area is 166 Å². The first-order chi connectivity index (χ1) is 13.1. The van der Waals surface area contributed by atoms with Crippen LogP contribution in [-0.2, 0) is 4.79 Å². The van der Waals surface area contributed by atoms with Crippen LogP contribution in [0.15, 0.2) is 24.3 Å². The molecule has 0 radical (unpaired) electrons. The van der Waals surface area contributed by atoms with Crippen molar-refractivity contribution in [3.8, 4) is 0 Å². The van der Waals surface area contributed by atoms with Gasteiger partial charge in [0.05, 0.1) is 6.04 Å². The first-order valence-corrected chi connectivity index (χ1v) is 10.3. The topological polar surface area (TPSA) is 64.7 Å². The molecule has 1 aromatic carbocycles. The number of carbonyl (C=O) groups is 2. The monoisotopic (exact) mass is 392 g/mol. The first-order valence-electron chi connectivity index (χ1n) is 9.94. The van der Waals surface area contributed by atoms with Crippen molar-refractivity contribution in [2.75, 3.05) is 37.6 Å². The number of hydrogen-bond donors (Lipinski definition) is 2. The number of nitrogens with zero attached hydrogens (tertiary/aromatic N) is 2. The molecule has 0 aliphatic carbocycles. The second kappa shape index (κ2) is 9.95. The minimum Gasteiger partial charge on any atom is -0.338 e. The molecule has 2 fully saturated rings. The third-order valence-electron chi connectivity index (χ3n) is 5.23. The van der Waals surface area contributed by atoms with Crippen LogP contribution >= 0.6 is 11.6 Å². The molecule has 2 aliphatic rings. The molecular formula is C20H29ClN4O2. The van der Waals surface area contributed by atoms with Crippen LogP contribution in [0.2, 0.25) is 5.02 Å². The van der Waals surface area contributed by atoms with Gasteiger partial charge in [-0.2, -0.15) is 0 Å². The molecule has 3 rings (SSSR count). The zero-order valence-corrected chi connectivity index (χ0v) is 16.5. The minimum atomic E-state index is -0.193. The summed E-state index contributed by atoms with van der Waals surface area (Å²) in [5, 5.41) is 6.47. The third-order valence-corrected chi connectivity index (χ3v) is 5.49. The van der Waals surface area contributed by atoms with Gasteiger partial charge in [-0.25, -0.2) is 4.79 Å². The molecule has 0 saturated carbocycles. The van der Waals surface area contributed by atoms with Crippen molar-refractivity contribution in [3.63, 3.8) is 0 Å². The number of anilines is 1. The Kier molecular flexibility index (Phi) is 7.35. The fraction of sp³-hybridized carbons (Fsp3) is 0.600. The lowest BCUT2D eigenvalue weighted by molar-refractivity contribution is -0.117. The number of likely N-dealkylation sites (tertiary alicyclic amines) is 1. The summed E-state index contributed by atoms with van der Waals surface area (Å²) in [5.74, 6) is 0.0174. The number of hydrogen-bond acceptors (Lipinski definition) is 3. The number of benzene rings is 1. The average Bonchev–Trinajstić information content (AvgIpc) is 2.84. The van der Waals surface area contributed by atoms with Gasteiger partial charge in [0.1, 0.15) is 0 Å². The summed E-state index contributed by atoms with van der Waals surface area (Å²) >= 11 is 5.90. The smallest absolute Gasteiger partial charge is 0.315 e. The van der Waals surface area contributed by atoms with E-state index >= 15 is 0 Å². The Morgan fingerprint density at radius 1 is 1.11 bits per heavy atom. The number of carbonyl (C=O) groups excluding carboxylic acids is 2. The fourth-order valence-corrected chi connectivity index (χ4v) is 3.90. The molecule has 0 spiro atoms. The van der Waals surface area contributed by atoms with E-state index in [1.807, 2.05) is 12.1 Å². The molecular weight excluding hydrogens is 364 g/mol. The van der Waals surface area contributed by atoms with Gasteiger partial charge < -0.3 is 20.4 Å². The van der Waals surface area contributed by atoms with Crippen LogP contribution in [0.3, 0.4) is 0 Å². The van der Waals surface area contributed by atoms with E-state index in [1.54, 1.807) is 17.0 Å². The number of rotatable bonds is 6. The molecule has 148 valence electrons. The molecule has 2 N–H and O–H groups in total. The van der Waals surface area contributed by atoms with Crippen LogP contribution < -0.4 is 15.5 Å². The fourth-order valence-electron chi connectivity index (χ4n) is 3.78. The van der Waals surface area contributed by atoms with Gasteiger partial charge in [-0.15, -0.1) is 0 Å². The number of amides is 3. The Hall–Kier alpha value is -1.79. The number of halogens is 1. The Morgan fingerprint density at radius 2 is 1.81 bits per heavy atom. The van der Waals surface area contributed by atoms with Gasteiger partial charge in [0.25, 0.3) is 0 Å². The maximum atomic E-state index is 12.2. The maximum Gasteiger partial charge on any atom is 0.315 e. The lowest BCUT2D eigenvalue weighted by atomic mass is 10.2. The molecule has 3 amide bonds. The highest BCUT2D eigenvalue weighted by Crippen LogP contribution is 2.23. The number of nitrogens with one attached hydrogen (secondary N) is 2. The van der Waals surface area contributed by atoms with Crippen molar-refractivity contribution < 1.29 is 9.59 Å². The largest absolute Gasteiger partial charge is 0.338 e. The zero-order valence-electron chi connectivity index (χ0n) is 15.8.